The third kappa shape index (κ3) is 11.4. The molecular formula is F2NaSi. The summed E-state index contributed by atoms with van der Waals surface area (Å²) in [6, 6.07) is 0. The summed E-state index contributed by atoms with van der Waals surface area (Å²) >= 11 is 0. The summed E-state index contributed by atoms with van der Waals surface area (Å²) in [6.45, 7) is 0. The van der Waals surface area contributed by atoms with Gasteiger partial charge in [0.1, 0.15) is 0 Å². The molecule has 0 saturated heterocycles. The van der Waals surface area contributed by atoms with Crippen molar-refractivity contribution in [2.24, 2.45) is 0 Å². The van der Waals surface area contributed by atoms with Crippen molar-refractivity contribution >= 4 is 40.5 Å². The Morgan fingerprint density at radius 3 is 1.00 bits per heavy atom. The van der Waals surface area contributed by atoms with E-state index in [1.165, 1.54) is 0 Å². The summed E-state index contributed by atoms with van der Waals surface area (Å²) in [5.41, 5.74) is 0. The molecule has 4 heavy (non-hydrogen) atoms. The van der Waals surface area contributed by atoms with E-state index in [1.807, 2.05) is 0 Å². The Labute approximate surface area is 49.8 Å². The van der Waals surface area contributed by atoms with Crippen LogP contribution < -0.4 is 0 Å². The molecule has 5 radical (unpaired) electrons. The summed E-state index contributed by atoms with van der Waals surface area (Å²) in [6.07, 6.45) is 0. The molecule has 0 aliphatic carbocycles. The van der Waals surface area contributed by atoms with Crippen molar-refractivity contribution < 1.29 is 9.15 Å². The van der Waals surface area contributed by atoms with Gasteiger partial charge in [0.05, 0.1) is 0 Å². The Balaban J connectivity index is -0.00000000500. The zero-order valence-corrected chi connectivity index (χ0v) is 5.26. The molecule has 19 valence electrons. The Morgan fingerprint density at radius 2 is 1.00 bits per heavy atom. The third-order valence-electron chi connectivity index (χ3n) is 0. The first-order valence-corrected chi connectivity index (χ1v) is 0.143. The smallest absolute Gasteiger partial charge is 0 e. The van der Waals surface area contributed by atoms with Crippen LogP contribution in [-0.2, 0) is 0 Å². The van der Waals surface area contributed by atoms with Crippen molar-refractivity contribution in [3.63, 3.8) is 0 Å². The quantitative estimate of drug-likeness (QED) is 0.369. The number of rotatable bonds is 0. The van der Waals surface area contributed by atoms with Crippen LogP contribution in [0.1, 0.15) is 0 Å². The van der Waals surface area contributed by atoms with E-state index in [1.54, 1.807) is 0 Å². The molecule has 0 nitrogen and oxygen atoms in total. The maximum Gasteiger partial charge on any atom is 0 e. The molecular weight excluding hydrogens is 89.1 g/mol. The van der Waals surface area contributed by atoms with E-state index in [9.17, 15) is 0 Å². The molecule has 0 atom stereocenters. The minimum absolute atomic E-state index is 0. The monoisotopic (exact) mass is 89.0 g/mol. The summed E-state index contributed by atoms with van der Waals surface area (Å²) in [5, 5.41) is 0. The summed E-state index contributed by atoms with van der Waals surface area (Å²) in [4.78, 5) is 0. The Morgan fingerprint density at radius 1 is 1.00 bits per heavy atom. The van der Waals surface area contributed by atoms with Gasteiger partial charge in [-0.05, 0) is 0 Å². The second-order valence-corrected chi connectivity index (χ2v) is 0. The molecule has 0 aromatic heterocycles. The fourth-order valence-corrected chi connectivity index (χ4v) is 0. The number of hydrogen-bond acceptors (Lipinski definition) is 0. The van der Waals surface area contributed by atoms with Crippen molar-refractivity contribution in [1.82, 2.24) is 0 Å². The molecule has 0 aromatic carbocycles. The van der Waals surface area contributed by atoms with Crippen molar-refractivity contribution in [1.29, 1.82) is 0 Å². The summed E-state index contributed by atoms with van der Waals surface area (Å²) in [5.74, 6) is 0. The van der Waals surface area contributed by atoms with Gasteiger partial charge >= 0.3 is 0 Å². The normalized spacial score (nSPS) is 1.50. The van der Waals surface area contributed by atoms with Gasteiger partial charge in [-0.1, -0.05) is 0 Å². The summed E-state index contributed by atoms with van der Waals surface area (Å²) in [7, 11) is 0. The van der Waals surface area contributed by atoms with E-state index < -0.39 is 0 Å². The first-order valence-electron chi connectivity index (χ1n) is 0.143. The molecule has 0 spiro atoms. The average Bonchev–Trinajstić information content (AvgIpc) is 1.00. The van der Waals surface area contributed by atoms with Gasteiger partial charge in [0, 0.05) is 49.7 Å². The molecule has 0 bridgehead atoms. The largest absolute Gasteiger partial charge is 0 e. The molecule has 0 rings (SSSR count). The molecule has 0 saturated carbocycles. The fraction of sp³-hybridized carbons (Fsp3) is 0. The van der Waals surface area contributed by atoms with Gasteiger partial charge in [0.15, 0.2) is 0 Å². The molecule has 0 unspecified atom stereocenters. The Kier molecular flexibility index (Phi) is 163. The van der Waals surface area contributed by atoms with Gasteiger partial charge in [-0.3, -0.25) is 0 Å². The average molecular weight is 89.1 g/mol. The molecule has 0 aromatic rings. The molecule has 0 amide bonds. The van der Waals surface area contributed by atoms with Crippen LogP contribution in [0.25, 0.3) is 0 Å². The topological polar surface area (TPSA) is 0 Å². The van der Waals surface area contributed by atoms with Crippen LogP contribution in [0.15, 0.2) is 0 Å². The molecule has 0 heterocycles. The van der Waals surface area contributed by atoms with Crippen LogP contribution in [0.2, 0.25) is 0 Å². The number of halogens is 2. The molecule has 0 fully saturated rings. The van der Waals surface area contributed by atoms with Crippen LogP contribution in [0.4, 0.5) is 9.15 Å². The second-order valence-electron chi connectivity index (χ2n) is 0. The van der Waals surface area contributed by atoms with Gasteiger partial charge in [-0.25, -0.2) is 0 Å². The van der Waals surface area contributed by atoms with E-state index in [0.29, 0.717) is 0 Å². The standard InChI is InChI=1S/F2.Na.Si/c1-2;;. The zero-order chi connectivity index (χ0) is 2.00. The van der Waals surface area contributed by atoms with E-state index in [2.05, 4.69) is 0 Å². The van der Waals surface area contributed by atoms with Gasteiger partial charge in [0.25, 0.3) is 0 Å². The van der Waals surface area contributed by atoms with Crippen LogP contribution in [-0.4, -0.2) is 40.5 Å². The Hall–Kier alpha value is 1.08. The first-order chi connectivity index (χ1) is 1.00. The maximum atomic E-state index is 8.00. The molecule has 4 heteroatoms. The zero-order valence-electron chi connectivity index (χ0n) is 2.26. The van der Waals surface area contributed by atoms with Crippen LogP contribution in [0, 0.1) is 0 Å². The van der Waals surface area contributed by atoms with Gasteiger partial charge in [0.2, 0.25) is 0 Å². The molecule has 0 N–H and O–H groups in total. The van der Waals surface area contributed by atoms with Gasteiger partial charge in [-0.2, -0.15) is 0 Å². The van der Waals surface area contributed by atoms with Crippen molar-refractivity contribution in [3.8, 4) is 0 Å². The van der Waals surface area contributed by atoms with Crippen LogP contribution in [0.5, 0.6) is 0 Å². The Bertz CT molecular complexity index is 6.00. The van der Waals surface area contributed by atoms with E-state index in [-0.39, 0.29) is 40.5 Å². The second kappa shape index (κ2) is 33.3. The van der Waals surface area contributed by atoms with E-state index in [4.69, 9.17) is 9.15 Å². The summed E-state index contributed by atoms with van der Waals surface area (Å²) < 4.78 is 16.0. The predicted octanol–water partition coefficient (Wildman–Crippen LogP) is 0.0788. The van der Waals surface area contributed by atoms with E-state index >= 15 is 0 Å². The van der Waals surface area contributed by atoms with Gasteiger partial charge in [-0.15, -0.1) is 0 Å². The van der Waals surface area contributed by atoms with E-state index in [0.717, 1.165) is 0 Å². The van der Waals surface area contributed by atoms with Crippen LogP contribution >= 0.6 is 0 Å². The van der Waals surface area contributed by atoms with Crippen molar-refractivity contribution in [3.05, 3.63) is 0 Å². The predicted molar refractivity (Wildman–Crippen MR) is 13.7 cm³/mol. The maximum absolute atomic E-state index is 8.00. The minimum atomic E-state index is 0. The minimum Gasteiger partial charge on any atom is 0 e. The SMILES string of the molecule is FF.[Na].[Si]. The first kappa shape index (κ1) is 19.6. The molecule has 0 aliphatic rings. The third-order valence-corrected chi connectivity index (χ3v) is 0. The molecule has 0 aliphatic heterocycles. The van der Waals surface area contributed by atoms with Gasteiger partial charge < -0.3 is 0 Å². The van der Waals surface area contributed by atoms with Crippen LogP contribution in [0.3, 0.4) is 0 Å². The van der Waals surface area contributed by atoms with Crippen molar-refractivity contribution in [2.75, 3.05) is 0 Å². The number of hydrogen-bond donors (Lipinski definition) is 0. The van der Waals surface area contributed by atoms with Crippen molar-refractivity contribution in [2.45, 2.75) is 0 Å². The fourth-order valence-electron chi connectivity index (χ4n) is 0.